The summed E-state index contributed by atoms with van der Waals surface area (Å²) < 4.78 is 24.5. The van der Waals surface area contributed by atoms with Crippen LogP contribution < -0.4 is 4.90 Å². The fourth-order valence-electron chi connectivity index (χ4n) is 2.40. The molecule has 0 atom stereocenters. The number of hydrogen-bond acceptors (Lipinski definition) is 3. The molecule has 0 amide bonds. The lowest BCUT2D eigenvalue weighted by molar-refractivity contribution is 0.314. The van der Waals surface area contributed by atoms with E-state index in [0.717, 1.165) is 25.9 Å². The van der Waals surface area contributed by atoms with E-state index in [0.29, 0.717) is 0 Å². The molecule has 2 rings (SSSR count). The smallest absolute Gasteiger partial charge is 0.211 e. The average Bonchev–Trinajstić information content (AvgIpc) is 2.38. The molecule has 4 nitrogen and oxygen atoms in total. The number of sulfonamides is 1. The van der Waals surface area contributed by atoms with Crippen molar-refractivity contribution in [2.24, 2.45) is 0 Å². The van der Waals surface area contributed by atoms with Crippen molar-refractivity contribution in [3.05, 3.63) is 30.3 Å². The van der Waals surface area contributed by atoms with Crippen LogP contribution in [0.1, 0.15) is 12.8 Å². The quantitative estimate of drug-likeness (QED) is 0.835. The Morgan fingerprint density at radius 1 is 1.17 bits per heavy atom. The van der Waals surface area contributed by atoms with E-state index in [2.05, 4.69) is 17.0 Å². The maximum atomic E-state index is 11.5. The molecule has 0 radical (unpaired) electrons. The summed E-state index contributed by atoms with van der Waals surface area (Å²) in [6.07, 6.45) is 3.05. The molecule has 0 N–H and O–H groups in total. The van der Waals surface area contributed by atoms with Gasteiger partial charge >= 0.3 is 0 Å². The molecule has 0 saturated carbocycles. The summed E-state index contributed by atoms with van der Waals surface area (Å²) in [6, 6.07) is 10.4. The van der Waals surface area contributed by atoms with Crippen molar-refractivity contribution in [2.75, 3.05) is 31.3 Å². The first-order valence-electron chi connectivity index (χ1n) is 6.21. The summed E-state index contributed by atoms with van der Waals surface area (Å²) in [5, 5.41) is 0. The highest BCUT2D eigenvalue weighted by molar-refractivity contribution is 7.88. The van der Waals surface area contributed by atoms with Gasteiger partial charge in [-0.05, 0) is 25.0 Å². The number of rotatable bonds is 3. The van der Waals surface area contributed by atoms with Gasteiger partial charge in [0.25, 0.3) is 0 Å². The van der Waals surface area contributed by atoms with Crippen molar-refractivity contribution in [3.63, 3.8) is 0 Å². The van der Waals surface area contributed by atoms with Crippen LogP contribution in [0.4, 0.5) is 5.69 Å². The first-order chi connectivity index (χ1) is 8.48. The summed E-state index contributed by atoms with van der Waals surface area (Å²) in [7, 11) is -1.39. The number of benzene rings is 1. The second-order valence-electron chi connectivity index (χ2n) is 4.83. The van der Waals surface area contributed by atoms with Crippen molar-refractivity contribution in [1.29, 1.82) is 0 Å². The molecule has 5 heteroatoms. The van der Waals surface area contributed by atoms with Crippen molar-refractivity contribution < 1.29 is 8.42 Å². The summed E-state index contributed by atoms with van der Waals surface area (Å²) in [4.78, 5) is 2.31. The molecule has 1 heterocycles. The molecule has 1 aliphatic rings. The zero-order chi connectivity index (χ0) is 13.2. The molecule has 0 aliphatic carbocycles. The van der Waals surface area contributed by atoms with Crippen LogP contribution in [0.25, 0.3) is 0 Å². The number of anilines is 1. The van der Waals surface area contributed by atoms with Gasteiger partial charge < -0.3 is 4.90 Å². The van der Waals surface area contributed by atoms with E-state index in [1.165, 1.54) is 16.2 Å². The van der Waals surface area contributed by atoms with Gasteiger partial charge in [0.15, 0.2) is 0 Å². The molecule has 18 heavy (non-hydrogen) atoms. The third-order valence-corrected chi connectivity index (χ3v) is 4.97. The normalized spacial score (nSPS) is 18.3. The Morgan fingerprint density at radius 2 is 1.72 bits per heavy atom. The van der Waals surface area contributed by atoms with Crippen LogP contribution in [0.5, 0.6) is 0 Å². The molecule has 1 aromatic rings. The maximum Gasteiger partial charge on any atom is 0.211 e. The first-order valence-corrected chi connectivity index (χ1v) is 8.06. The number of hydrogen-bond donors (Lipinski definition) is 0. The fourth-order valence-corrected chi connectivity index (χ4v) is 3.15. The van der Waals surface area contributed by atoms with Gasteiger partial charge in [-0.1, -0.05) is 18.2 Å². The molecule has 0 spiro atoms. The average molecular weight is 268 g/mol. The van der Waals surface area contributed by atoms with Gasteiger partial charge in [-0.2, -0.15) is 0 Å². The molecule has 100 valence electrons. The predicted molar refractivity (Wildman–Crippen MR) is 74.3 cm³/mol. The monoisotopic (exact) mass is 268 g/mol. The van der Waals surface area contributed by atoms with E-state index in [4.69, 9.17) is 0 Å². The van der Waals surface area contributed by atoms with Crippen LogP contribution >= 0.6 is 0 Å². The summed E-state index contributed by atoms with van der Waals surface area (Å²) >= 11 is 0. The second-order valence-corrected chi connectivity index (χ2v) is 6.87. The Morgan fingerprint density at radius 3 is 2.22 bits per heavy atom. The van der Waals surface area contributed by atoms with Gasteiger partial charge in [0.2, 0.25) is 10.0 Å². The van der Waals surface area contributed by atoms with Crippen LogP contribution in [-0.4, -0.2) is 45.2 Å². The molecule has 0 bridgehead atoms. The topological polar surface area (TPSA) is 40.6 Å². The van der Waals surface area contributed by atoms with Gasteiger partial charge in [0.05, 0.1) is 6.26 Å². The highest BCUT2D eigenvalue weighted by Crippen LogP contribution is 2.22. The number of para-hydroxylation sites is 1. The zero-order valence-corrected chi connectivity index (χ0v) is 11.7. The summed E-state index contributed by atoms with van der Waals surface area (Å²) in [5.41, 5.74) is 1.22. The van der Waals surface area contributed by atoms with E-state index in [-0.39, 0.29) is 6.04 Å². The molecule has 1 aromatic carbocycles. The van der Waals surface area contributed by atoms with Crippen LogP contribution in [0, 0.1) is 0 Å². The van der Waals surface area contributed by atoms with Crippen molar-refractivity contribution in [1.82, 2.24) is 4.31 Å². The molecule has 0 aromatic heterocycles. The predicted octanol–water partition coefficient (Wildman–Crippen LogP) is 1.55. The highest BCUT2D eigenvalue weighted by atomic mass is 32.2. The lowest BCUT2D eigenvalue weighted by Gasteiger charge is -2.36. The van der Waals surface area contributed by atoms with Gasteiger partial charge in [0, 0.05) is 31.9 Å². The largest absolute Gasteiger partial charge is 0.371 e. The molecular weight excluding hydrogens is 248 g/mol. The van der Waals surface area contributed by atoms with E-state index < -0.39 is 10.0 Å². The van der Waals surface area contributed by atoms with Crippen LogP contribution in [0.15, 0.2) is 30.3 Å². The lowest BCUT2D eigenvalue weighted by atomic mass is 10.0. The number of piperidine rings is 1. The Hall–Kier alpha value is -1.07. The minimum atomic E-state index is -3.07. The fraction of sp³-hybridized carbons (Fsp3) is 0.538. The first kappa shape index (κ1) is 13.4. The van der Waals surface area contributed by atoms with E-state index >= 15 is 0 Å². The summed E-state index contributed by atoms with van der Waals surface area (Å²) in [5.74, 6) is 0. The second kappa shape index (κ2) is 5.28. The van der Waals surface area contributed by atoms with Gasteiger partial charge in [0.1, 0.15) is 0 Å². The minimum Gasteiger partial charge on any atom is -0.371 e. The highest BCUT2D eigenvalue weighted by Gasteiger charge is 2.27. The third kappa shape index (κ3) is 3.03. The summed E-state index contributed by atoms with van der Waals surface area (Å²) in [6.45, 7) is 1.82. The Balaban J connectivity index is 1.97. The van der Waals surface area contributed by atoms with Gasteiger partial charge in [-0.15, -0.1) is 0 Å². The van der Waals surface area contributed by atoms with E-state index in [1.54, 1.807) is 7.05 Å². The SMILES string of the molecule is CN(C1CCN(c2ccccc2)CC1)S(C)(=O)=O. The standard InChI is InChI=1S/C13H20N2O2S/c1-14(18(2,16)17)12-8-10-15(11-9-12)13-6-4-3-5-7-13/h3-7,12H,8-11H2,1-2H3. The van der Waals surface area contributed by atoms with Crippen molar-refractivity contribution in [2.45, 2.75) is 18.9 Å². The van der Waals surface area contributed by atoms with Crippen LogP contribution in [0.2, 0.25) is 0 Å². The Bertz CT molecular complexity index is 479. The van der Waals surface area contributed by atoms with E-state index in [1.807, 2.05) is 18.2 Å². The van der Waals surface area contributed by atoms with Gasteiger partial charge in [-0.25, -0.2) is 12.7 Å². The third-order valence-electron chi connectivity index (χ3n) is 3.62. The van der Waals surface area contributed by atoms with Crippen molar-refractivity contribution in [3.8, 4) is 0 Å². The molecule has 1 aliphatic heterocycles. The molecular formula is C13H20N2O2S. The van der Waals surface area contributed by atoms with E-state index in [9.17, 15) is 8.42 Å². The molecule has 1 fully saturated rings. The lowest BCUT2D eigenvalue weighted by Crippen LogP contribution is -2.45. The molecule has 0 unspecified atom stereocenters. The van der Waals surface area contributed by atoms with Crippen molar-refractivity contribution >= 4 is 15.7 Å². The van der Waals surface area contributed by atoms with Crippen LogP contribution in [-0.2, 0) is 10.0 Å². The number of nitrogens with zero attached hydrogens (tertiary/aromatic N) is 2. The zero-order valence-electron chi connectivity index (χ0n) is 10.9. The molecule has 1 saturated heterocycles. The maximum absolute atomic E-state index is 11.5. The Kier molecular flexibility index (Phi) is 3.92. The van der Waals surface area contributed by atoms with Crippen LogP contribution in [0.3, 0.4) is 0 Å². The minimum absolute atomic E-state index is 0.139. The Labute approximate surface area is 109 Å². The van der Waals surface area contributed by atoms with Gasteiger partial charge in [-0.3, -0.25) is 0 Å².